The number of carboxylic acid groups (broad SMARTS) is 1. The van der Waals surface area contributed by atoms with Crippen LogP contribution in [-0.4, -0.2) is 20.9 Å². The van der Waals surface area contributed by atoms with Gasteiger partial charge in [-0.3, -0.25) is 9.48 Å². The lowest BCUT2D eigenvalue weighted by Gasteiger charge is -2.05. The number of carbonyl (C=O) groups is 1. The van der Waals surface area contributed by atoms with Crippen molar-refractivity contribution in [1.82, 2.24) is 9.78 Å². The third kappa shape index (κ3) is 3.03. The highest BCUT2D eigenvalue weighted by Gasteiger charge is 2.09. The van der Waals surface area contributed by atoms with Gasteiger partial charge in [0.15, 0.2) is 0 Å². The van der Waals surface area contributed by atoms with E-state index in [1.165, 1.54) is 0 Å². The summed E-state index contributed by atoms with van der Waals surface area (Å²) >= 11 is 5.88. The first-order valence-electron chi connectivity index (χ1n) is 4.43. The molecule has 0 spiro atoms. The number of aliphatic carboxylic acids is 1. The van der Waals surface area contributed by atoms with Crippen molar-refractivity contribution in [3.05, 3.63) is 16.9 Å². The van der Waals surface area contributed by atoms with Crippen LogP contribution in [0.4, 0.5) is 0 Å². The highest BCUT2D eigenvalue weighted by atomic mass is 35.5. The molecule has 5 heteroatoms. The fourth-order valence-electron chi connectivity index (χ4n) is 1.16. The lowest BCUT2D eigenvalue weighted by molar-refractivity contribution is -0.136. The number of aromatic nitrogens is 2. The molecular weight excluding hydrogens is 204 g/mol. The van der Waals surface area contributed by atoms with Gasteiger partial charge >= 0.3 is 5.97 Å². The van der Waals surface area contributed by atoms with Gasteiger partial charge in [0.2, 0.25) is 0 Å². The van der Waals surface area contributed by atoms with Gasteiger partial charge in [-0.25, -0.2) is 0 Å². The van der Waals surface area contributed by atoms with Crippen molar-refractivity contribution in [2.24, 2.45) is 5.92 Å². The van der Waals surface area contributed by atoms with Crippen LogP contribution < -0.4 is 0 Å². The molecule has 0 bridgehead atoms. The highest BCUT2D eigenvalue weighted by molar-refractivity contribution is 6.29. The Labute approximate surface area is 87.5 Å². The van der Waals surface area contributed by atoms with Crippen molar-refractivity contribution in [2.75, 3.05) is 0 Å². The van der Waals surface area contributed by atoms with Crippen LogP contribution in [0.2, 0.25) is 5.15 Å². The zero-order chi connectivity index (χ0) is 10.7. The summed E-state index contributed by atoms with van der Waals surface area (Å²) in [5.74, 6) is -0.457. The monoisotopic (exact) mass is 216 g/mol. The first-order chi connectivity index (χ1) is 6.49. The second kappa shape index (κ2) is 4.46. The largest absolute Gasteiger partial charge is 0.481 e. The zero-order valence-corrected chi connectivity index (χ0v) is 8.95. The van der Waals surface area contributed by atoms with Gasteiger partial charge in [0.05, 0.1) is 12.1 Å². The summed E-state index contributed by atoms with van der Waals surface area (Å²) in [6.45, 7) is 4.81. The maximum absolute atomic E-state index is 10.4. The molecule has 1 aromatic rings. The predicted octanol–water partition coefficient (Wildman–Crippen LogP) is 1.82. The molecule has 0 aliphatic rings. The van der Waals surface area contributed by atoms with Crippen molar-refractivity contribution in [2.45, 2.75) is 26.8 Å². The standard InChI is InChI=1S/C9H13ClN2O2/c1-6(2)5-12-8(10)3-7(11-12)4-9(13)14/h3,6H,4-5H2,1-2H3,(H,13,14). The fourth-order valence-corrected chi connectivity index (χ4v) is 1.39. The molecule has 0 aliphatic heterocycles. The summed E-state index contributed by atoms with van der Waals surface area (Å²) in [6.07, 6.45) is -0.0786. The van der Waals surface area contributed by atoms with E-state index in [0.717, 1.165) is 0 Å². The Bertz CT molecular complexity index is 334. The van der Waals surface area contributed by atoms with Gasteiger partial charge in [0.1, 0.15) is 5.15 Å². The minimum atomic E-state index is -0.893. The first-order valence-corrected chi connectivity index (χ1v) is 4.81. The summed E-state index contributed by atoms with van der Waals surface area (Å²) in [7, 11) is 0. The molecule has 78 valence electrons. The fraction of sp³-hybridized carbons (Fsp3) is 0.556. The SMILES string of the molecule is CC(C)Cn1nc(CC(=O)O)cc1Cl. The molecule has 0 amide bonds. The van der Waals surface area contributed by atoms with Gasteiger partial charge in [-0.05, 0) is 12.0 Å². The van der Waals surface area contributed by atoms with Crippen LogP contribution in [0.25, 0.3) is 0 Å². The Hall–Kier alpha value is -1.03. The highest BCUT2D eigenvalue weighted by Crippen LogP contribution is 2.13. The molecule has 14 heavy (non-hydrogen) atoms. The molecule has 1 heterocycles. The Morgan fingerprint density at radius 3 is 2.86 bits per heavy atom. The van der Waals surface area contributed by atoms with Crippen LogP contribution in [-0.2, 0) is 17.8 Å². The molecule has 0 saturated heterocycles. The summed E-state index contributed by atoms with van der Waals surface area (Å²) in [4.78, 5) is 10.4. The number of hydrogen-bond acceptors (Lipinski definition) is 2. The van der Waals surface area contributed by atoms with Crippen molar-refractivity contribution < 1.29 is 9.90 Å². The van der Waals surface area contributed by atoms with Gasteiger partial charge in [-0.1, -0.05) is 25.4 Å². The van der Waals surface area contributed by atoms with Crippen molar-refractivity contribution in [3.8, 4) is 0 Å². The summed E-state index contributed by atoms with van der Waals surface area (Å²) < 4.78 is 1.63. The van der Waals surface area contributed by atoms with E-state index in [1.54, 1.807) is 10.7 Å². The van der Waals surface area contributed by atoms with Crippen LogP contribution in [0.1, 0.15) is 19.5 Å². The molecule has 0 radical (unpaired) electrons. The summed E-state index contributed by atoms with van der Waals surface area (Å²) in [5.41, 5.74) is 0.503. The first kappa shape index (κ1) is 11.0. The molecule has 0 atom stereocenters. The van der Waals surface area contributed by atoms with Gasteiger partial charge in [0, 0.05) is 6.54 Å². The van der Waals surface area contributed by atoms with Crippen LogP contribution >= 0.6 is 11.6 Å². The van der Waals surface area contributed by atoms with Crippen molar-refractivity contribution >= 4 is 17.6 Å². The smallest absolute Gasteiger partial charge is 0.309 e. The van der Waals surface area contributed by atoms with Gasteiger partial charge in [0.25, 0.3) is 0 Å². The molecule has 1 N–H and O–H groups in total. The van der Waals surface area contributed by atoms with Gasteiger partial charge in [-0.15, -0.1) is 0 Å². The Balaban J connectivity index is 2.76. The predicted molar refractivity (Wildman–Crippen MR) is 53.4 cm³/mol. The Morgan fingerprint density at radius 2 is 2.36 bits per heavy atom. The summed E-state index contributed by atoms with van der Waals surface area (Å²) in [6, 6.07) is 1.60. The molecule has 0 aliphatic carbocycles. The molecule has 0 fully saturated rings. The van der Waals surface area contributed by atoms with Crippen molar-refractivity contribution in [3.63, 3.8) is 0 Å². The third-order valence-electron chi connectivity index (χ3n) is 1.65. The normalized spacial score (nSPS) is 10.9. The van der Waals surface area contributed by atoms with Crippen molar-refractivity contribution in [1.29, 1.82) is 0 Å². The minimum Gasteiger partial charge on any atom is -0.481 e. The topological polar surface area (TPSA) is 55.1 Å². The van der Waals surface area contributed by atoms with E-state index in [-0.39, 0.29) is 6.42 Å². The van der Waals surface area contributed by atoms with E-state index >= 15 is 0 Å². The van der Waals surface area contributed by atoms with E-state index < -0.39 is 5.97 Å². The number of hydrogen-bond donors (Lipinski definition) is 1. The second-order valence-electron chi connectivity index (χ2n) is 3.60. The van der Waals surface area contributed by atoms with Crippen LogP contribution in [0.3, 0.4) is 0 Å². The van der Waals surface area contributed by atoms with E-state index in [1.807, 2.05) is 0 Å². The van der Waals surface area contributed by atoms with E-state index in [9.17, 15) is 4.79 Å². The number of carboxylic acids is 1. The minimum absolute atomic E-state index is 0.0786. The number of nitrogens with zero attached hydrogens (tertiary/aromatic N) is 2. The Kier molecular flexibility index (Phi) is 3.52. The quantitative estimate of drug-likeness (QED) is 0.835. The average molecular weight is 217 g/mol. The molecule has 1 rings (SSSR count). The molecular formula is C9H13ClN2O2. The zero-order valence-electron chi connectivity index (χ0n) is 8.20. The second-order valence-corrected chi connectivity index (χ2v) is 3.99. The van der Waals surface area contributed by atoms with Crippen LogP contribution in [0.15, 0.2) is 6.07 Å². The molecule has 0 aromatic carbocycles. The molecule has 1 aromatic heterocycles. The van der Waals surface area contributed by atoms with Crippen LogP contribution in [0, 0.1) is 5.92 Å². The van der Waals surface area contributed by atoms with Crippen LogP contribution in [0.5, 0.6) is 0 Å². The molecule has 4 nitrogen and oxygen atoms in total. The lowest BCUT2D eigenvalue weighted by atomic mass is 10.2. The molecule has 0 saturated carbocycles. The summed E-state index contributed by atoms with van der Waals surface area (Å²) in [5, 5.41) is 13.1. The van der Waals surface area contributed by atoms with E-state index in [4.69, 9.17) is 16.7 Å². The van der Waals surface area contributed by atoms with E-state index in [2.05, 4.69) is 18.9 Å². The van der Waals surface area contributed by atoms with Gasteiger partial charge in [-0.2, -0.15) is 5.10 Å². The maximum atomic E-state index is 10.4. The average Bonchev–Trinajstić information content (AvgIpc) is 2.28. The van der Waals surface area contributed by atoms with E-state index in [0.29, 0.717) is 23.3 Å². The molecule has 0 unspecified atom stereocenters. The van der Waals surface area contributed by atoms with Gasteiger partial charge < -0.3 is 5.11 Å². The maximum Gasteiger partial charge on any atom is 0.309 e. The number of rotatable bonds is 4. The lowest BCUT2D eigenvalue weighted by Crippen LogP contribution is -2.07. The Morgan fingerprint density at radius 1 is 1.71 bits per heavy atom. The third-order valence-corrected chi connectivity index (χ3v) is 1.96. The number of halogens is 1.